The number of fused-ring (bicyclic) bond motifs is 1. The Morgan fingerprint density at radius 2 is 1.75 bits per heavy atom. The van der Waals surface area contributed by atoms with Gasteiger partial charge in [0.2, 0.25) is 0 Å². The van der Waals surface area contributed by atoms with E-state index in [4.69, 9.17) is 0 Å². The summed E-state index contributed by atoms with van der Waals surface area (Å²) in [6.45, 7) is 1.99. The molecule has 3 rings (SSSR count). The van der Waals surface area contributed by atoms with Crippen LogP contribution >= 0.6 is 11.3 Å². The molecule has 0 amide bonds. The van der Waals surface area contributed by atoms with Gasteiger partial charge in [-0.15, -0.1) is 11.3 Å². The van der Waals surface area contributed by atoms with Crippen molar-refractivity contribution >= 4 is 22.2 Å². The summed E-state index contributed by atoms with van der Waals surface area (Å²) < 4.78 is 0. The number of pyridine rings is 1. The van der Waals surface area contributed by atoms with Crippen molar-refractivity contribution < 1.29 is 0 Å². The molecule has 0 N–H and O–H groups in total. The SMILES string of the molecule is Cc1nccs1.c1ccc2ncccc2c1. The highest BCUT2D eigenvalue weighted by Gasteiger charge is 1.86. The maximum Gasteiger partial charge on any atom is 0.0893 e. The van der Waals surface area contributed by atoms with Gasteiger partial charge in [0.05, 0.1) is 10.5 Å². The number of aromatic nitrogens is 2. The second kappa shape index (κ2) is 5.37. The molecule has 0 saturated carbocycles. The molecule has 16 heavy (non-hydrogen) atoms. The number of aryl methyl sites for hydroxylation is 1. The first-order chi connectivity index (χ1) is 7.86. The Balaban J connectivity index is 0.000000138. The molecule has 0 radical (unpaired) electrons. The molecule has 0 aliphatic rings. The van der Waals surface area contributed by atoms with Crippen molar-refractivity contribution in [2.24, 2.45) is 0 Å². The van der Waals surface area contributed by atoms with E-state index in [-0.39, 0.29) is 0 Å². The summed E-state index contributed by atoms with van der Waals surface area (Å²) in [4.78, 5) is 8.12. The van der Waals surface area contributed by atoms with Gasteiger partial charge in [0, 0.05) is 23.2 Å². The van der Waals surface area contributed by atoms with Gasteiger partial charge in [-0.3, -0.25) is 9.97 Å². The van der Waals surface area contributed by atoms with Gasteiger partial charge in [-0.2, -0.15) is 0 Å². The molecule has 3 aromatic rings. The highest BCUT2D eigenvalue weighted by molar-refractivity contribution is 7.09. The minimum absolute atomic E-state index is 1.06. The van der Waals surface area contributed by atoms with Crippen LogP contribution in [0.25, 0.3) is 10.9 Å². The number of benzene rings is 1. The lowest BCUT2D eigenvalue weighted by Gasteiger charge is -1.91. The van der Waals surface area contributed by atoms with Crippen molar-refractivity contribution in [3.63, 3.8) is 0 Å². The second-order valence-corrected chi connectivity index (χ2v) is 4.35. The van der Waals surface area contributed by atoms with Crippen LogP contribution in [0.5, 0.6) is 0 Å². The van der Waals surface area contributed by atoms with Crippen LogP contribution in [-0.2, 0) is 0 Å². The average molecular weight is 228 g/mol. The Hall–Kier alpha value is -1.74. The van der Waals surface area contributed by atoms with Crippen molar-refractivity contribution in [2.45, 2.75) is 6.92 Å². The van der Waals surface area contributed by atoms with E-state index in [9.17, 15) is 0 Å². The largest absolute Gasteiger partial charge is 0.256 e. The van der Waals surface area contributed by atoms with E-state index in [0.29, 0.717) is 0 Å². The fraction of sp³-hybridized carbons (Fsp3) is 0.0769. The maximum atomic E-state index is 4.18. The maximum absolute atomic E-state index is 4.18. The molecular weight excluding hydrogens is 216 g/mol. The van der Waals surface area contributed by atoms with Crippen molar-refractivity contribution in [1.29, 1.82) is 0 Å². The lowest BCUT2D eigenvalue weighted by atomic mass is 10.2. The van der Waals surface area contributed by atoms with E-state index in [2.05, 4.69) is 22.1 Å². The molecule has 0 aliphatic carbocycles. The van der Waals surface area contributed by atoms with E-state index in [1.54, 1.807) is 17.5 Å². The Labute approximate surface area is 98.6 Å². The molecule has 80 valence electrons. The van der Waals surface area contributed by atoms with E-state index < -0.39 is 0 Å². The highest BCUT2D eigenvalue weighted by Crippen LogP contribution is 2.07. The number of rotatable bonds is 0. The number of hydrogen-bond acceptors (Lipinski definition) is 3. The van der Waals surface area contributed by atoms with E-state index in [1.807, 2.05) is 42.8 Å². The molecule has 1 aromatic carbocycles. The minimum Gasteiger partial charge on any atom is -0.256 e. The molecule has 2 nitrogen and oxygen atoms in total. The summed E-state index contributed by atoms with van der Waals surface area (Å²) >= 11 is 1.67. The summed E-state index contributed by atoms with van der Waals surface area (Å²) in [6.07, 6.45) is 3.61. The average Bonchev–Trinajstić information content (AvgIpc) is 2.81. The van der Waals surface area contributed by atoms with Gasteiger partial charge in [-0.25, -0.2) is 0 Å². The highest BCUT2D eigenvalue weighted by atomic mass is 32.1. The van der Waals surface area contributed by atoms with Crippen LogP contribution < -0.4 is 0 Å². The molecule has 2 aromatic heterocycles. The molecule has 3 heteroatoms. The zero-order chi connectivity index (χ0) is 11.2. The third kappa shape index (κ3) is 2.87. The van der Waals surface area contributed by atoms with Crippen molar-refractivity contribution in [2.75, 3.05) is 0 Å². The number of hydrogen-bond donors (Lipinski definition) is 0. The fourth-order valence-electron chi connectivity index (χ4n) is 1.31. The van der Waals surface area contributed by atoms with Crippen LogP contribution in [0.4, 0.5) is 0 Å². The van der Waals surface area contributed by atoms with Gasteiger partial charge in [0.1, 0.15) is 0 Å². The third-order valence-corrected chi connectivity index (χ3v) is 2.77. The molecule has 2 heterocycles. The van der Waals surface area contributed by atoms with Crippen LogP contribution in [0.1, 0.15) is 5.01 Å². The van der Waals surface area contributed by atoms with Crippen LogP contribution in [-0.4, -0.2) is 9.97 Å². The molecule has 0 atom stereocenters. The Morgan fingerprint density at radius 3 is 2.38 bits per heavy atom. The van der Waals surface area contributed by atoms with E-state index in [0.717, 1.165) is 10.5 Å². The normalized spacial score (nSPS) is 9.56. The minimum atomic E-state index is 1.06. The third-order valence-electron chi connectivity index (χ3n) is 2.07. The summed E-state index contributed by atoms with van der Waals surface area (Å²) in [5.74, 6) is 0. The van der Waals surface area contributed by atoms with Gasteiger partial charge in [0.15, 0.2) is 0 Å². The molecule has 0 spiro atoms. The van der Waals surface area contributed by atoms with Crippen LogP contribution in [0.3, 0.4) is 0 Å². The van der Waals surface area contributed by atoms with Crippen LogP contribution in [0.15, 0.2) is 54.2 Å². The van der Waals surface area contributed by atoms with E-state index >= 15 is 0 Å². The van der Waals surface area contributed by atoms with Crippen LogP contribution in [0, 0.1) is 6.92 Å². The fourth-order valence-corrected chi connectivity index (χ4v) is 1.75. The van der Waals surface area contributed by atoms with Gasteiger partial charge in [0.25, 0.3) is 0 Å². The molecule has 0 bridgehead atoms. The first-order valence-corrected chi connectivity index (χ1v) is 5.90. The van der Waals surface area contributed by atoms with Crippen molar-refractivity contribution in [3.8, 4) is 0 Å². The summed E-state index contributed by atoms with van der Waals surface area (Å²) in [6, 6.07) is 12.1. The molecular formula is C13H12N2S. The van der Waals surface area contributed by atoms with Gasteiger partial charge >= 0.3 is 0 Å². The smallest absolute Gasteiger partial charge is 0.0893 e. The number of para-hydroxylation sites is 1. The molecule has 0 aliphatic heterocycles. The Bertz CT molecular complexity index is 481. The summed E-state index contributed by atoms with van der Waals surface area (Å²) in [7, 11) is 0. The molecule has 0 saturated heterocycles. The number of nitrogens with zero attached hydrogens (tertiary/aromatic N) is 2. The van der Waals surface area contributed by atoms with Crippen LogP contribution in [0.2, 0.25) is 0 Å². The molecule has 0 fully saturated rings. The van der Waals surface area contributed by atoms with Gasteiger partial charge in [-0.1, -0.05) is 24.3 Å². The summed E-state index contributed by atoms with van der Waals surface area (Å²) in [5, 5.41) is 4.30. The standard InChI is InChI=1S/C9H7N.C4H5NS/c1-2-6-9-8(4-1)5-3-7-10-9;1-4-5-2-3-6-4/h1-7H;2-3H,1H3. The molecule has 0 unspecified atom stereocenters. The Kier molecular flexibility index (Phi) is 3.62. The lowest BCUT2D eigenvalue weighted by Crippen LogP contribution is -1.73. The number of thiazole rings is 1. The summed E-state index contributed by atoms with van der Waals surface area (Å²) in [5.41, 5.74) is 1.06. The lowest BCUT2D eigenvalue weighted by molar-refractivity contribution is 1.30. The van der Waals surface area contributed by atoms with Crippen molar-refractivity contribution in [3.05, 3.63) is 59.2 Å². The van der Waals surface area contributed by atoms with Gasteiger partial charge < -0.3 is 0 Å². The second-order valence-electron chi connectivity index (χ2n) is 3.25. The zero-order valence-corrected chi connectivity index (χ0v) is 9.82. The quantitative estimate of drug-likeness (QED) is 0.586. The first-order valence-electron chi connectivity index (χ1n) is 5.02. The topological polar surface area (TPSA) is 25.8 Å². The van der Waals surface area contributed by atoms with Crippen molar-refractivity contribution in [1.82, 2.24) is 9.97 Å². The first kappa shape index (κ1) is 10.8. The monoisotopic (exact) mass is 228 g/mol. The Morgan fingerprint density at radius 1 is 0.938 bits per heavy atom. The van der Waals surface area contributed by atoms with E-state index in [1.165, 1.54) is 5.39 Å². The predicted molar refractivity (Wildman–Crippen MR) is 68.6 cm³/mol. The van der Waals surface area contributed by atoms with Gasteiger partial charge in [-0.05, 0) is 19.1 Å². The zero-order valence-electron chi connectivity index (χ0n) is 9.00. The predicted octanol–water partition coefficient (Wildman–Crippen LogP) is 3.69.